The molecule has 0 bridgehead atoms. The zero-order chi connectivity index (χ0) is 24.0. The van der Waals surface area contributed by atoms with Crippen LogP contribution in [-0.4, -0.2) is 57.0 Å². The van der Waals surface area contributed by atoms with E-state index in [4.69, 9.17) is 0 Å². The molecule has 0 aliphatic carbocycles. The monoisotopic (exact) mass is 462 g/mol. The lowest BCUT2D eigenvalue weighted by Crippen LogP contribution is -2.29. The summed E-state index contributed by atoms with van der Waals surface area (Å²) in [5.74, 6) is -0.918. The number of alkyl halides is 3. The summed E-state index contributed by atoms with van der Waals surface area (Å²) in [4.78, 5) is 29.7. The number of carbonyl (C=O) groups is 2. The predicted octanol–water partition coefficient (Wildman–Crippen LogP) is 4.24. The van der Waals surface area contributed by atoms with Crippen LogP contribution in [-0.2, 0) is 6.18 Å². The predicted molar refractivity (Wildman–Crippen MR) is 123 cm³/mol. The van der Waals surface area contributed by atoms with Gasteiger partial charge in [-0.25, -0.2) is 0 Å². The van der Waals surface area contributed by atoms with Crippen molar-refractivity contribution in [2.75, 3.05) is 50.5 Å². The van der Waals surface area contributed by atoms with Crippen LogP contribution >= 0.6 is 0 Å². The number of carbonyl (C=O) groups excluding carboxylic acids is 2. The van der Waals surface area contributed by atoms with Crippen LogP contribution < -0.4 is 15.5 Å². The Balaban J connectivity index is 1.79. The number of hydrogen-bond donors (Lipinski definition) is 2. The van der Waals surface area contributed by atoms with Gasteiger partial charge in [-0.2, -0.15) is 13.2 Å². The van der Waals surface area contributed by atoms with Crippen LogP contribution in [0.4, 0.5) is 24.5 Å². The lowest BCUT2D eigenvalue weighted by Gasteiger charge is -2.22. The van der Waals surface area contributed by atoms with E-state index in [0.717, 1.165) is 56.7 Å². The second-order valence-electron chi connectivity index (χ2n) is 8.37. The molecule has 0 aromatic heterocycles. The lowest BCUT2D eigenvalue weighted by atomic mass is 10.1. The molecule has 33 heavy (non-hydrogen) atoms. The zero-order valence-corrected chi connectivity index (χ0v) is 18.8. The fourth-order valence-electron chi connectivity index (χ4n) is 3.76. The molecule has 1 saturated heterocycles. The van der Waals surface area contributed by atoms with Crippen molar-refractivity contribution in [3.8, 4) is 0 Å². The Labute approximate surface area is 191 Å². The molecule has 9 heteroatoms. The molecule has 0 saturated carbocycles. The van der Waals surface area contributed by atoms with Crippen LogP contribution in [0.3, 0.4) is 0 Å². The first kappa shape index (κ1) is 24.6. The maximum atomic E-state index is 13.0. The highest BCUT2D eigenvalue weighted by molar-refractivity contribution is 6.06. The van der Waals surface area contributed by atoms with Gasteiger partial charge in [-0.15, -0.1) is 0 Å². The topological polar surface area (TPSA) is 64.7 Å². The first-order valence-corrected chi connectivity index (χ1v) is 11.0. The van der Waals surface area contributed by atoms with Gasteiger partial charge in [-0.1, -0.05) is 6.07 Å². The molecule has 2 N–H and O–H groups in total. The van der Waals surface area contributed by atoms with Crippen molar-refractivity contribution in [1.82, 2.24) is 10.2 Å². The Morgan fingerprint density at radius 3 is 2.42 bits per heavy atom. The molecule has 2 aromatic carbocycles. The summed E-state index contributed by atoms with van der Waals surface area (Å²) in [7, 11) is 3.92. The van der Waals surface area contributed by atoms with E-state index in [1.165, 1.54) is 12.1 Å². The van der Waals surface area contributed by atoms with Gasteiger partial charge in [-0.3, -0.25) is 9.59 Å². The molecule has 2 amide bonds. The molecular formula is C24H29F3N4O2. The Hall–Kier alpha value is -3.07. The molecule has 0 atom stereocenters. The fraction of sp³-hybridized carbons (Fsp3) is 0.417. The van der Waals surface area contributed by atoms with Gasteiger partial charge in [0.2, 0.25) is 0 Å². The van der Waals surface area contributed by atoms with Crippen molar-refractivity contribution in [2.24, 2.45) is 0 Å². The third-order valence-electron chi connectivity index (χ3n) is 5.47. The third-order valence-corrected chi connectivity index (χ3v) is 5.47. The zero-order valence-electron chi connectivity index (χ0n) is 18.8. The number of nitrogens with zero attached hydrogens (tertiary/aromatic N) is 2. The normalized spacial score (nSPS) is 13.9. The first-order valence-electron chi connectivity index (χ1n) is 11.0. The number of nitrogens with one attached hydrogen (secondary N) is 2. The minimum atomic E-state index is -4.54. The smallest absolute Gasteiger partial charge is 0.371 e. The second kappa shape index (κ2) is 10.7. The van der Waals surface area contributed by atoms with Crippen LogP contribution in [0.5, 0.6) is 0 Å². The minimum absolute atomic E-state index is 0.108. The van der Waals surface area contributed by atoms with Crippen molar-refractivity contribution in [3.63, 3.8) is 0 Å². The van der Waals surface area contributed by atoms with Crippen LogP contribution in [0.2, 0.25) is 0 Å². The molecule has 1 aliphatic rings. The maximum Gasteiger partial charge on any atom is 0.416 e. The summed E-state index contributed by atoms with van der Waals surface area (Å²) in [5, 5.41) is 5.55. The van der Waals surface area contributed by atoms with Gasteiger partial charge in [-0.05, 0) is 76.3 Å². The van der Waals surface area contributed by atoms with Crippen molar-refractivity contribution in [1.29, 1.82) is 0 Å². The molecule has 2 aromatic rings. The summed E-state index contributed by atoms with van der Waals surface area (Å²) in [6, 6.07) is 9.28. The Morgan fingerprint density at radius 1 is 1.03 bits per heavy atom. The highest BCUT2D eigenvalue weighted by Gasteiger charge is 2.31. The Morgan fingerprint density at radius 2 is 1.76 bits per heavy atom. The van der Waals surface area contributed by atoms with Crippen molar-refractivity contribution < 1.29 is 22.8 Å². The van der Waals surface area contributed by atoms with E-state index >= 15 is 0 Å². The van der Waals surface area contributed by atoms with Crippen molar-refractivity contribution >= 4 is 23.2 Å². The molecule has 1 fully saturated rings. The molecule has 6 nitrogen and oxygen atoms in total. The number of anilines is 2. The first-order chi connectivity index (χ1) is 15.6. The van der Waals surface area contributed by atoms with E-state index in [2.05, 4.69) is 15.5 Å². The quantitative estimate of drug-likeness (QED) is 0.576. The lowest BCUT2D eigenvalue weighted by molar-refractivity contribution is -0.137. The molecule has 3 rings (SSSR count). The van der Waals surface area contributed by atoms with Crippen LogP contribution in [0.1, 0.15) is 45.5 Å². The summed E-state index contributed by atoms with van der Waals surface area (Å²) >= 11 is 0. The van der Waals surface area contributed by atoms with E-state index in [9.17, 15) is 22.8 Å². The highest BCUT2D eigenvalue weighted by Crippen LogP contribution is 2.30. The fourth-order valence-corrected chi connectivity index (χ4v) is 3.76. The molecular weight excluding hydrogens is 433 g/mol. The van der Waals surface area contributed by atoms with E-state index in [-0.39, 0.29) is 11.5 Å². The SMILES string of the molecule is CN(C)CCCNC(=O)c1cc(NC(=O)c2cccc(C(F)(F)F)c2)ccc1N1CCCC1. The van der Waals surface area contributed by atoms with Crippen molar-refractivity contribution in [3.05, 3.63) is 59.2 Å². The van der Waals surface area contributed by atoms with E-state index < -0.39 is 17.6 Å². The number of amides is 2. The van der Waals surface area contributed by atoms with Gasteiger partial charge in [0, 0.05) is 36.6 Å². The van der Waals surface area contributed by atoms with Crippen LogP contribution in [0.15, 0.2) is 42.5 Å². The molecule has 1 aliphatic heterocycles. The van der Waals surface area contributed by atoms with E-state index in [1.807, 2.05) is 19.0 Å². The highest BCUT2D eigenvalue weighted by atomic mass is 19.4. The average Bonchev–Trinajstić information content (AvgIpc) is 3.30. The second-order valence-corrected chi connectivity index (χ2v) is 8.37. The Kier molecular flexibility index (Phi) is 7.97. The summed E-state index contributed by atoms with van der Waals surface area (Å²) in [6.45, 7) is 3.04. The average molecular weight is 463 g/mol. The largest absolute Gasteiger partial charge is 0.416 e. The minimum Gasteiger partial charge on any atom is -0.371 e. The number of benzene rings is 2. The number of hydrogen-bond acceptors (Lipinski definition) is 4. The van der Waals surface area contributed by atoms with Gasteiger partial charge in [0.1, 0.15) is 0 Å². The van der Waals surface area contributed by atoms with Gasteiger partial charge in [0.05, 0.1) is 11.1 Å². The molecule has 0 unspecified atom stereocenters. The molecule has 1 heterocycles. The standard InChI is InChI=1S/C24H29F3N4O2/c1-30(2)12-6-11-28-23(33)20-16-19(9-10-21(20)31-13-3-4-14-31)29-22(32)17-7-5-8-18(15-17)24(25,26)27/h5,7-10,15-16H,3-4,6,11-14H2,1-2H3,(H,28,33)(H,29,32). The van der Waals surface area contributed by atoms with Gasteiger partial charge < -0.3 is 20.4 Å². The van der Waals surface area contributed by atoms with Crippen LogP contribution in [0.25, 0.3) is 0 Å². The molecule has 0 spiro atoms. The van der Waals surface area contributed by atoms with Crippen molar-refractivity contribution in [2.45, 2.75) is 25.4 Å². The van der Waals surface area contributed by atoms with Gasteiger partial charge in [0.15, 0.2) is 0 Å². The van der Waals surface area contributed by atoms with Crippen LogP contribution in [0, 0.1) is 0 Å². The maximum absolute atomic E-state index is 13.0. The summed E-state index contributed by atoms with van der Waals surface area (Å²) < 4.78 is 38.9. The summed E-state index contributed by atoms with van der Waals surface area (Å²) in [6.07, 6.45) is -1.66. The Bertz CT molecular complexity index is 986. The van der Waals surface area contributed by atoms with Gasteiger partial charge in [0.25, 0.3) is 11.8 Å². The van der Waals surface area contributed by atoms with Gasteiger partial charge >= 0.3 is 6.18 Å². The number of rotatable bonds is 8. The number of halogens is 3. The third kappa shape index (κ3) is 6.71. The summed E-state index contributed by atoms with van der Waals surface area (Å²) in [5.41, 5.74) is 0.567. The van der Waals surface area contributed by atoms with E-state index in [1.54, 1.807) is 18.2 Å². The molecule has 0 radical (unpaired) electrons. The van der Waals surface area contributed by atoms with E-state index in [0.29, 0.717) is 17.8 Å². The molecule has 178 valence electrons.